The van der Waals surface area contributed by atoms with Gasteiger partial charge in [0.05, 0.1) is 25.4 Å². The Morgan fingerprint density at radius 2 is 1.88 bits per heavy atom. The van der Waals surface area contributed by atoms with Crippen molar-refractivity contribution in [1.82, 2.24) is 14.8 Å². The monoisotopic (exact) mass is 493 g/mol. The minimum absolute atomic E-state index is 0.000236. The minimum atomic E-state index is -4.85. The number of azo groups is 1. The highest BCUT2D eigenvalue weighted by Gasteiger charge is 2.31. The number of rotatable bonds is 6. The zero-order valence-electron chi connectivity index (χ0n) is 18.0. The molecule has 1 saturated heterocycles. The van der Waals surface area contributed by atoms with E-state index in [9.17, 15) is 18.3 Å². The number of benzene rings is 2. The van der Waals surface area contributed by atoms with Crippen LogP contribution in [-0.2, 0) is 18.0 Å². The molecule has 8 nitrogen and oxygen atoms in total. The van der Waals surface area contributed by atoms with E-state index in [-0.39, 0.29) is 22.1 Å². The van der Waals surface area contributed by atoms with Crippen LogP contribution in [0, 0.1) is 0 Å². The molecule has 34 heavy (non-hydrogen) atoms. The molecule has 0 saturated carbocycles. The summed E-state index contributed by atoms with van der Waals surface area (Å²) in [4.78, 5) is 2.05. The lowest BCUT2D eigenvalue weighted by Crippen LogP contribution is -2.37. The van der Waals surface area contributed by atoms with Crippen molar-refractivity contribution in [2.75, 3.05) is 26.3 Å². The largest absolute Gasteiger partial charge is 0.573 e. The van der Waals surface area contributed by atoms with Crippen LogP contribution in [0.5, 0.6) is 11.6 Å². The Morgan fingerprint density at radius 1 is 1.15 bits per heavy atom. The molecule has 4 rings (SSSR count). The average molecular weight is 494 g/mol. The standard InChI is InChI=1S/C22H22F3N5O3S/c23-22(24,25)33-16-6-7-18-17(12-16)19(20(31)30(18)14-29-8-10-32-11-9-29)27-28-21(34)26-13-15-4-2-1-3-5-15/h1-7,12,31H,8-11,13-14H2,(H,26,34). The molecule has 180 valence electrons. The van der Waals surface area contributed by atoms with Gasteiger partial charge in [0.15, 0.2) is 5.69 Å². The van der Waals surface area contributed by atoms with E-state index in [2.05, 4.69) is 25.2 Å². The Morgan fingerprint density at radius 3 is 2.59 bits per heavy atom. The van der Waals surface area contributed by atoms with Gasteiger partial charge in [0.2, 0.25) is 11.0 Å². The molecule has 0 radical (unpaired) electrons. The Labute approximate surface area is 198 Å². The van der Waals surface area contributed by atoms with Crippen molar-refractivity contribution in [2.45, 2.75) is 19.6 Å². The van der Waals surface area contributed by atoms with Gasteiger partial charge in [0, 0.05) is 25.0 Å². The van der Waals surface area contributed by atoms with Crippen LogP contribution in [0.1, 0.15) is 5.56 Å². The number of fused-ring (bicyclic) bond motifs is 1. The predicted molar refractivity (Wildman–Crippen MR) is 123 cm³/mol. The van der Waals surface area contributed by atoms with Gasteiger partial charge in [-0.2, -0.15) is 0 Å². The van der Waals surface area contributed by atoms with Crippen molar-refractivity contribution in [3.8, 4) is 11.6 Å². The number of thiocarbonyl (C=S) groups is 1. The molecule has 0 amide bonds. The van der Waals surface area contributed by atoms with E-state index < -0.39 is 12.1 Å². The third kappa shape index (κ3) is 6.01. The number of aromatic nitrogens is 1. The van der Waals surface area contributed by atoms with Crippen LogP contribution in [0.4, 0.5) is 18.9 Å². The van der Waals surface area contributed by atoms with Gasteiger partial charge < -0.3 is 19.9 Å². The number of morpholine rings is 1. The van der Waals surface area contributed by atoms with E-state index in [1.807, 2.05) is 30.3 Å². The molecule has 2 N–H and O–H groups in total. The summed E-state index contributed by atoms with van der Waals surface area (Å²) < 4.78 is 49.2. The van der Waals surface area contributed by atoms with Crippen molar-refractivity contribution in [1.29, 1.82) is 0 Å². The molecule has 12 heteroatoms. The maximum atomic E-state index is 12.8. The van der Waals surface area contributed by atoms with E-state index in [1.165, 1.54) is 18.2 Å². The number of ether oxygens (including phenoxy) is 2. The van der Waals surface area contributed by atoms with E-state index in [4.69, 9.17) is 17.0 Å². The summed E-state index contributed by atoms with van der Waals surface area (Å²) in [5, 5.41) is 22.2. The van der Waals surface area contributed by atoms with Crippen LogP contribution in [0.3, 0.4) is 0 Å². The molecule has 0 unspecified atom stereocenters. The SMILES string of the molecule is Oc1c(N=NC(=S)NCc2ccccc2)c2cc(OC(F)(F)F)ccc2n1CN1CCOCC1. The van der Waals surface area contributed by atoms with E-state index >= 15 is 0 Å². The van der Waals surface area contributed by atoms with Crippen LogP contribution in [0.2, 0.25) is 0 Å². The van der Waals surface area contributed by atoms with Crippen LogP contribution in [0.15, 0.2) is 58.8 Å². The fourth-order valence-corrected chi connectivity index (χ4v) is 3.70. The molecular weight excluding hydrogens is 471 g/mol. The highest BCUT2D eigenvalue weighted by atomic mass is 32.1. The fourth-order valence-electron chi connectivity index (χ4n) is 3.59. The van der Waals surface area contributed by atoms with Crippen LogP contribution >= 0.6 is 12.2 Å². The minimum Gasteiger partial charge on any atom is -0.493 e. The summed E-state index contributed by atoms with van der Waals surface area (Å²) in [5.74, 6) is -0.662. The summed E-state index contributed by atoms with van der Waals surface area (Å²) in [7, 11) is 0. The number of nitrogens with zero attached hydrogens (tertiary/aromatic N) is 4. The highest BCUT2D eigenvalue weighted by Crippen LogP contribution is 2.41. The van der Waals surface area contributed by atoms with Gasteiger partial charge in [0.25, 0.3) is 0 Å². The number of halogens is 3. The highest BCUT2D eigenvalue weighted by molar-refractivity contribution is 7.80. The van der Waals surface area contributed by atoms with E-state index in [0.29, 0.717) is 45.0 Å². The van der Waals surface area contributed by atoms with Crippen LogP contribution in [-0.4, -0.2) is 52.4 Å². The van der Waals surface area contributed by atoms with Gasteiger partial charge in [-0.15, -0.1) is 23.4 Å². The topological polar surface area (TPSA) is 83.6 Å². The zero-order valence-corrected chi connectivity index (χ0v) is 18.8. The lowest BCUT2D eigenvalue weighted by atomic mass is 10.2. The molecule has 2 heterocycles. The number of hydrogen-bond acceptors (Lipinski definition) is 6. The molecule has 0 atom stereocenters. The number of aromatic hydroxyl groups is 1. The molecule has 1 fully saturated rings. The summed E-state index contributed by atoms with van der Waals surface area (Å²) in [6, 6.07) is 13.3. The van der Waals surface area contributed by atoms with Gasteiger partial charge >= 0.3 is 6.36 Å². The molecule has 3 aromatic rings. The quantitative estimate of drug-likeness (QED) is 0.383. The van der Waals surface area contributed by atoms with Crippen LogP contribution in [0.25, 0.3) is 10.9 Å². The molecule has 1 aliphatic heterocycles. The predicted octanol–water partition coefficient (Wildman–Crippen LogP) is 4.69. The van der Waals surface area contributed by atoms with Crippen molar-refractivity contribution >= 4 is 33.9 Å². The Kier molecular flexibility index (Phi) is 7.29. The summed E-state index contributed by atoms with van der Waals surface area (Å²) >= 11 is 5.20. The number of alkyl halides is 3. The van der Waals surface area contributed by atoms with E-state index in [0.717, 1.165) is 5.56 Å². The second kappa shape index (κ2) is 10.4. The summed E-state index contributed by atoms with van der Waals surface area (Å²) in [6.07, 6.45) is -4.85. The first kappa shape index (κ1) is 23.9. The fraction of sp³-hybridized carbons (Fsp3) is 0.318. The third-order valence-electron chi connectivity index (χ3n) is 5.19. The molecule has 0 spiro atoms. The van der Waals surface area contributed by atoms with Gasteiger partial charge in [-0.05, 0) is 36.0 Å². The van der Waals surface area contributed by atoms with Gasteiger partial charge in [-0.25, -0.2) is 0 Å². The second-order valence-electron chi connectivity index (χ2n) is 7.54. The normalized spacial score (nSPS) is 15.1. The average Bonchev–Trinajstić information content (AvgIpc) is 3.06. The maximum absolute atomic E-state index is 12.8. The number of hydrogen-bond donors (Lipinski definition) is 2. The molecule has 2 aromatic carbocycles. The zero-order chi connectivity index (χ0) is 24.1. The first-order valence-electron chi connectivity index (χ1n) is 10.4. The van der Waals surface area contributed by atoms with Crippen molar-refractivity contribution in [3.63, 3.8) is 0 Å². The summed E-state index contributed by atoms with van der Waals surface area (Å²) in [5.41, 5.74) is 1.47. The van der Waals surface area contributed by atoms with Crippen molar-refractivity contribution in [3.05, 3.63) is 54.1 Å². The second-order valence-corrected chi connectivity index (χ2v) is 7.93. The van der Waals surface area contributed by atoms with E-state index in [1.54, 1.807) is 4.57 Å². The maximum Gasteiger partial charge on any atom is 0.573 e. The van der Waals surface area contributed by atoms with Gasteiger partial charge in [-0.1, -0.05) is 30.3 Å². The summed E-state index contributed by atoms with van der Waals surface area (Å²) in [6.45, 7) is 3.14. The molecular formula is C22H22F3N5O3S. The third-order valence-corrected chi connectivity index (χ3v) is 5.41. The number of nitrogens with one attached hydrogen (secondary N) is 1. The van der Waals surface area contributed by atoms with Gasteiger partial charge in [0.1, 0.15) is 5.75 Å². The molecule has 1 aromatic heterocycles. The molecule has 0 bridgehead atoms. The van der Waals surface area contributed by atoms with Crippen molar-refractivity contribution < 1.29 is 27.8 Å². The Hall–Kier alpha value is -3.22. The lowest BCUT2D eigenvalue weighted by Gasteiger charge is -2.27. The molecule has 0 aliphatic carbocycles. The Bertz CT molecular complexity index is 1180. The first-order chi connectivity index (χ1) is 16.3. The molecule has 1 aliphatic rings. The van der Waals surface area contributed by atoms with Gasteiger partial charge in [-0.3, -0.25) is 9.47 Å². The Balaban J connectivity index is 1.62. The smallest absolute Gasteiger partial charge is 0.493 e. The van der Waals surface area contributed by atoms with Crippen LogP contribution < -0.4 is 10.1 Å². The lowest BCUT2D eigenvalue weighted by molar-refractivity contribution is -0.274. The van der Waals surface area contributed by atoms with Crippen molar-refractivity contribution in [2.24, 2.45) is 10.2 Å². The first-order valence-corrected chi connectivity index (χ1v) is 10.9.